The van der Waals surface area contributed by atoms with E-state index >= 15 is 0 Å². The van der Waals surface area contributed by atoms with Crippen LogP contribution in [0, 0.1) is 11.8 Å². The number of hydrogen-bond acceptors (Lipinski definition) is 2. The number of carbonyl (C=O) groups is 1. The van der Waals surface area contributed by atoms with Gasteiger partial charge in [0, 0.05) is 0 Å². The lowest BCUT2D eigenvalue weighted by Gasteiger charge is -2.24. The monoisotopic (exact) mass is 243 g/mol. The second-order valence-electron chi connectivity index (χ2n) is 4.94. The van der Waals surface area contributed by atoms with Gasteiger partial charge >= 0.3 is 0 Å². The molecule has 2 nitrogen and oxygen atoms in total. The maximum atomic E-state index is 11.3. The third-order valence-corrected chi connectivity index (χ3v) is 2.97. The zero-order valence-corrected chi connectivity index (χ0v) is 13.2. The summed E-state index contributed by atoms with van der Waals surface area (Å²) >= 11 is 0. The first kappa shape index (κ1) is 19.0. The summed E-state index contributed by atoms with van der Waals surface area (Å²) in [4.78, 5) is 13.5. The summed E-state index contributed by atoms with van der Waals surface area (Å²) in [5.74, 6) is 1.53. The third-order valence-electron chi connectivity index (χ3n) is 2.97. The summed E-state index contributed by atoms with van der Waals surface area (Å²) < 4.78 is 0. The van der Waals surface area contributed by atoms with Crippen LogP contribution in [0.25, 0.3) is 0 Å². The predicted octanol–water partition coefficient (Wildman–Crippen LogP) is 3.99. The molecule has 1 saturated heterocycles. The first-order valence-corrected chi connectivity index (χ1v) is 7.16. The molecule has 2 atom stereocenters. The number of Topliss-reactive ketones (excluding diaryl/α,β-unsaturated/α-hetero) is 1. The van der Waals surface area contributed by atoms with Gasteiger partial charge in [0.05, 0.1) is 6.04 Å². The lowest BCUT2D eigenvalue weighted by atomic mass is 9.87. The molecule has 0 bridgehead atoms. The van der Waals surface area contributed by atoms with Crippen LogP contribution in [0.2, 0.25) is 0 Å². The normalized spacial score (nSPS) is 23.6. The minimum atomic E-state index is 0.185. The van der Waals surface area contributed by atoms with Crippen LogP contribution in [0.15, 0.2) is 0 Å². The van der Waals surface area contributed by atoms with Gasteiger partial charge in [0.2, 0.25) is 0 Å². The van der Waals surface area contributed by atoms with Crippen LogP contribution >= 0.6 is 0 Å². The molecule has 1 aliphatic rings. The number of rotatable bonds is 2. The summed E-state index contributed by atoms with van der Waals surface area (Å²) in [7, 11) is 2.05. The quantitative estimate of drug-likeness (QED) is 0.731. The van der Waals surface area contributed by atoms with Crippen molar-refractivity contribution in [1.82, 2.24) is 4.90 Å². The fourth-order valence-electron chi connectivity index (χ4n) is 2.29. The van der Waals surface area contributed by atoms with Gasteiger partial charge in [-0.1, -0.05) is 48.0 Å². The van der Waals surface area contributed by atoms with Crippen molar-refractivity contribution in [3.05, 3.63) is 0 Å². The van der Waals surface area contributed by atoms with Crippen LogP contribution in [-0.2, 0) is 4.79 Å². The van der Waals surface area contributed by atoms with Gasteiger partial charge in [0.15, 0.2) is 0 Å². The number of likely N-dealkylation sites (tertiary alicyclic amines) is 1. The number of hydrogen-bond donors (Lipinski definition) is 0. The highest BCUT2D eigenvalue weighted by atomic mass is 16.1. The molecule has 1 aliphatic heterocycles. The molecule has 104 valence electrons. The summed E-state index contributed by atoms with van der Waals surface area (Å²) in [5, 5.41) is 0. The Hall–Kier alpha value is -0.370. The van der Waals surface area contributed by atoms with Crippen molar-refractivity contribution in [1.29, 1.82) is 0 Å². The topological polar surface area (TPSA) is 20.3 Å². The summed E-state index contributed by atoms with van der Waals surface area (Å²) in [6, 6.07) is 0.185. The minimum Gasteiger partial charge on any atom is -0.298 e. The van der Waals surface area contributed by atoms with Crippen LogP contribution < -0.4 is 0 Å². The van der Waals surface area contributed by atoms with Crippen molar-refractivity contribution in [2.45, 2.75) is 67.3 Å². The first-order chi connectivity index (χ1) is 7.95. The number of nitrogens with zero attached hydrogens (tertiary/aromatic N) is 1. The van der Waals surface area contributed by atoms with Crippen LogP contribution in [0.1, 0.15) is 61.3 Å². The SMILES string of the molecule is CC.CC(=O)C1C(C(C)C)CCN1C.CCC. The van der Waals surface area contributed by atoms with Gasteiger partial charge in [-0.3, -0.25) is 9.69 Å². The first-order valence-electron chi connectivity index (χ1n) is 7.16. The zero-order chi connectivity index (χ0) is 14.0. The summed E-state index contributed by atoms with van der Waals surface area (Å²) in [6.45, 7) is 15.5. The lowest BCUT2D eigenvalue weighted by molar-refractivity contribution is -0.122. The van der Waals surface area contributed by atoms with E-state index in [9.17, 15) is 4.79 Å². The van der Waals surface area contributed by atoms with Gasteiger partial charge in [0.1, 0.15) is 5.78 Å². The maximum Gasteiger partial charge on any atom is 0.147 e. The van der Waals surface area contributed by atoms with E-state index in [1.54, 1.807) is 6.92 Å². The largest absolute Gasteiger partial charge is 0.298 e. The van der Waals surface area contributed by atoms with Gasteiger partial charge in [-0.15, -0.1) is 0 Å². The van der Waals surface area contributed by atoms with Gasteiger partial charge in [-0.2, -0.15) is 0 Å². The molecule has 0 saturated carbocycles. The van der Waals surface area contributed by atoms with Gasteiger partial charge in [0.25, 0.3) is 0 Å². The molecule has 0 aromatic carbocycles. The molecule has 1 fully saturated rings. The van der Waals surface area contributed by atoms with Crippen LogP contribution in [-0.4, -0.2) is 30.3 Å². The average molecular weight is 243 g/mol. The number of ketones is 1. The van der Waals surface area contributed by atoms with E-state index in [2.05, 4.69) is 39.6 Å². The Bertz CT molecular complexity index is 189. The van der Waals surface area contributed by atoms with Crippen LogP contribution in [0.5, 0.6) is 0 Å². The summed E-state index contributed by atoms with van der Waals surface area (Å²) in [5.41, 5.74) is 0. The number of likely N-dealkylation sites (N-methyl/N-ethyl adjacent to an activating group) is 1. The molecule has 0 radical (unpaired) electrons. The van der Waals surface area contributed by atoms with Crippen molar-refractivity contribution in [3.8, 4) is 0 Å². The van der Waals surface area contributed by atoms with Gasteiger partial charge < -0.3 is 0 Å². The fourth-order valence-corrected chi connectivity index (χ4v) is 2.29. The average Bonchev–Trinajstić information content (AvgIpc) is 2.64. The molecular weight excluding hydrogens is 210 g/mol. The molecular formula is C15H33NO. The molecule has 17 heavy (non-hydrogen) atoms. The van der Waals surface area contributed by atoms with Crippen molar-refractivity contribution >= 4 is 5.78 Å². The standard InChI is InChI=1S/C10H19NO.C3H8.C2H6/c1-7(2)9-5-6-11(4)10(9)8(3)12;1-3-2;1-2/h7,9-10H,5-6H2,1-4H3;3H2,1-2H3;1-2H3. The highest BCUT2D eigenvalue weighted by Crippen LogP contribution is 2.29. The molecule has 0 aromatic heterocycles. The van der Waals surface area contributed by atoms with Crippen molar-refractivity contribution in [2.75, 3.05) is 13.6 Å². The van der Waals surface area contributed by atoms with Crippen molar-refractivity contribution < 1.29 is 4.79 Å². The Balaban J connectivity index is 0. The van der Waals surface area contributed by atoms with E-state index in [-0.39, 0.29) is 6.04 Å². The van der Waals surface area contributed by atoms with Gasteiger partial charge in [-0.05, 0) is 38.8 Å². The fraction of sp³-hybridized carbons (Fsp3) is 0.933. The minimum absolute atomic E-state index is 0.185. The maximum absolute atomic E-state index is 11.3. The van der Waals surface area contributed by atoms with E-state index in [1.165, 1.54) is 12.8 Å². The second-order valence-corrected chi connectivity index (χ2v) is 4.94. The van der Waals surface area contributed by atoms with E-state index in [1.807, 2.05) is 13.8 Å². The molecule has 2 unspecified atom stereocenters. The zero-order valence-electron chi connectivity index (χ0n) is 13.2. The molecule has 0 aliphatic carbocycles. The molecule has 0 N–H and O–H groups in total. The Labute approximate surface area is 109 Å². The summed E-state index contributed by atoms with van der Waals surface area (Å²) in [6.07, 6.45) is 2.43. The number of carbonyl (C=O) groups excluding carboxylic acids is 1. The smallest absolute Gasteiger partial charge is 0.147 e. The molecule has 2 heteroatoms. The highest BCUT2D eigenvalue weighted by Gasteiger charge is 2.36. The lowest BCUT2D eigenvalue weighted by Crippen LogP contribution is -2.37. The van der Waals surface area contributed by atoms with E-state index in [0.717, 1.165) is 6.54 Å². The molecule has 0 amide bonds. The molecule has 1 heterocycles. The Morgan fingerprint density at radius 3 is 1.94 bits per heavy atom. The molecule has 0 spiro atoms. The van der Waals surface area contributed by atoms with Gasteiger partial charge in [-0.25, -0.2) is 0 Å². The third kappa shape index (κ3) is 6.82. The van der Waals surface area contributed by atoms with Crippen molar-refractivity contribution in [2.24, 2.45) is 11.8 Å². The van der Waals surface area contributed by atoms with E-state index in [4.69, 9.17) is 0 Å². The van der Waals surface area contributed by atoms with Crippen LogP contribution in [0.4, 0.5) is 0 Å². The van der Waals surface area contributed by atoms with E-state index < -0.39 is 0 Å². The Morgan fingerprint density at radius 1 is 1.29 bits per heavy atom. The molecule has 1 rings (SSSR count). The second kappa shape index (κ2) is 10.8. The predicted molar refractivity (Wildman–Crippen MR) is 77.4 cm³/mol. The van der Waals surface area contributed by atoms with Crippen molar-refractivity contribution in [3.63, 3.8) is 0 Å². The Kier molecular flexibility index (Phi) is 12.0. The Morgan fingerprint density at radius 2 is 1.71 bits per heavy atom. The highest BCUT2D eigenvalue weighted by molar-refractivity contribution is 5.82. The molecule has 0 aromatic rings. The van der Waals surface area contributed by atoms with E-state index in [0.29, 0.717) is 17.6 Å². The van der Waals surface area contributed by atoms with Crippen LogP contribution in [0.3, 0.4) is 0 Å².